The van der Waals surface area contributed by atoms with Gasteiger partial charge in [-0.3, -0.25) is 0 Å². The van der Waals surface area contributed by atoms with E-state index in [1.807, 2.05) is 6.92 Å². The van der Waals surface area contributed by atoms with Gasteiger partial charge in [0.25, 0.3) is 0 Å². The van der Waals surface area contributed by atoms with Crippen LogP contribution in [0.2, 0.25) is 0 Å². The molecule has 0 saturated heterocycles. The molecule has 0 radical (unpaired) electrons. The summed E-state index contributed by atoms with van der Waals surface area (Å²) in [6.07, 6.45) is -1.87. The van der Waals surface area contributed by atoms with Crippen LogP contribution in [0.25, 0.3) is 11.1 Å². The van der Waals surface area contributed by atoms with Gasteiger partial charge in [0.1, 0.15) is 34.6 Å². The third-order valence-electron chi connectivity index (χ3n) is 6.25. The average Bonchev–Trinajstić information content (AvgIpc) is 2.90. The first kappa shape index (κ1) is 30.6. The van der Waals surface area contributed by atoms with Gasteiger partial charge >= 0.3 is 6.11 Å². The van der Waals surface area contributed by atoms with Crippen LogP contribution in [0.5, 0.6) is 5.75 Å². The summed E-state index contributed by atoms with van der Waals surface area (Å²) in [4.78, 5) is 0. The minimum absolute atomic E-state index is 0.0246. The molecule has 0 unspecified atom stereocenters. The van der Waals surface area contributed by atoms with Crippen LogP contribution in [-0.4, -0.2) is 0 Å². The molecule has 0 saturated carbocycles. The van der Waals surface area contributed by atoms with Crippen LogP contribution < -0.4 is 4.74 Å². The number of halogens is 9. The van der Waals surface area contributed by atoms with Gasteiger partial charge in [-0.1, -0.05) is 37.7 Å². The Morgan fingerprint density at radius 3 is 1.93 bits per heavy atom. The topological polar surface area (TPSA) is 9.23 Å². The molecule has 0 bridgehead atoms. The Morgan fingerprint density at radius 2 is 1.33 bits per heavy atom. The van der Waals surface area contributed by atoms with E-state index in [1.54, 1.807) is 0 Å². The molecule has 0 amide bonds. The van der Waals surface area contributed by atoms with Gasteiger partial charge in [0.05, 0.1) is 5.56 Å². The number of ether oxygens (including phenoxy) is 1. The minimum Gasteiger partial charge on any atom is -0.429 e. The van der Waals surface area contributed by atoms with Crippen molar-refractivity contribution in [3.63, 3.8) is 0 Å². The molecule has 4 aromatic carbocycles. The van der Waals surface area contributed by atoms with E-state index in [0.29, 0.717) is 31.0 Å². The lowest BCUT2D eigenvalue weighted by Gasteiger charge is -2.20. The molecule has 0 atom stereocenters. The van der Waals surface area contributed by atoms with Crippen molar-refractivity contribution in [2.45, 2.75) is 38.7 Å². The molecule has 10 heteroatoms. The second-order valence-electron chi connectivity index (χ2n) is 9.35. The summed E-state index contributed by atoms with van der Waals surface area (Å²) >= 11 is 0. The number of unbranched alkanes of at least 4 members (excludes halogenated alkanes) is 2. The summed E-state index contributed by atoms with van der Waals surface area (Å²) in [5, 5.41) is 0. The Labute approximate surface area is 235 Å². The van der Waals surface area contributed by atoms with Crippen molar-refractivity contribution in [1.82, 2.24) is 0 Å². The fourth-order valence-corrected chi connectivity index (χ4v) is 4.17. The zero-order valence-electron chi connectivity index (χ0n) is 21.9. The largest absolute Gasteiger partial charge is 0.432 e. The van der Waals surface area contributed by atoms with E-state index in [2.05, 4.69) is 16.6 Å². The molecule has 0 aliphatic heterocycles. The average molecular weight is 593 g/mol. The van der Waals surface area contributed by atoms with Crippen LogP contribution in [0.4, 0.5) is 39.5 Å². The second kappa shape index (κ2) is 12.6. The van der Waals surface area contributed by atoms with E-state index in [9.17, 15) is 39.5 Å². The molecule has 0 aromatic heterocycles. The number of alkyl halides is 2. The maximum Gasteiger partial charge on any atom is 0.432 e. The lowest BCUT2D eigenvalue weighted by Crippen LogP contribution is -2.25. The van der Waals surface area contributed by atoms with E-state index < -0.39 is 58.1 Å². The van der Waals surface area contributed by atoms with Crippen LogP contribution in [0.15, 0.2) is 60.7 Å². The zero-order chi connectivity index (χ0) is 30.6. The van der Waals surface area contributed by atoms with Gasteiger partial charge in [-0.05, 0) is 72.5 Å². The highest BCUT2D eigenvalue weighted by atomic mass is 19.3. The molecular formula is C32H21F9O. The fraction of sp³-hybridized carbons (Fsp3) is 0.188. The Kier molecular flexibility index (Phi) is 9.20. The lowest BCUT2D eigenvalue weighted by atomic mass is 10.0. The Morgan fingerprint density at radius 1 is 0.667 bits per heavy atom. The monoisotopic (exact) mass is 592 g/mol. The lowest BCUT2D eigenvalue weighted by molar-refractivity contribution is -0.189. The van der Waals surface area contributed by atoms with Crippen LogP contribution in [0.3, 0.4) is 0 Å². The normalized spacial score (nSPS) is 11.3. The molecule has 0 heterocycles. The number of benzene rings is 4. The molecule has 0 aliphatic carbocycles. The predicted octanol–water partition coefficient (Wildman–Crippen LogP) is 9.59. The third kappa shape index (κ3) is 6.90. The molecule has 42 heavy (non-hydrogen) atoms. The molecule has 4 aromatic rings. The van der Waals surface area contributed by atoms with Crippen LogP contribution in [0.1, 0.15) is 48.4 Å². The standard InChI is InChI=1S/C32H21F9O/c1-2-3-4-5-18-12-26(35)30(27(36)13-18)32(40,41)42-22-10-11-23(25(34)17-22)21-9-8-20(24(33)16-21)7-6-19-14-28(37)31(39)29(38)15-19/h8-17H,2-5H2,1H3. The molecule has 1 nitrogen and oxygen atoms in total. The van der Waals surface area contributed by atoms with E-state index in [0.717, 1.165) is 49.2 Å². The fourth-order valence-electron chi connectivity index (χ4n) is 4.17. The molecule has 0 fully saturated rings. The summed E-state index contributed by atoms with van der Waals surface area (Å²) in [5.41, 5.74) is -2.13. The van der Waals surface area contributed by atoms with Gasteiger partial charge in [0.15, 0.2) is 17.5 Å². The SMILES string of the molecule is CCCCCc1cc(F)c(C(F)(F)Oc2ccc(-c3ccc(C#Cc4cc(F)c(F)c(F)c4)c(F)c3)c(F)c2)c(F)c1. The quantitative estimate of drug-likeness (QED) is 0.0857. The summed E-state index contributed by atoms with van der Waals surface area (Å²) in [6, 6.07) is 8.65. The number of hydrogen-bond acceptors (Lipinski definition) is 1. The van der Waals surface area contributed by atoms with Gasteiger partial charge < -0.3 is 4.74 Å². The van der Waals surface area contributed by atoms with E-state index in [4.69, 9.17) is 0 Å². The van der Waals surface area contributed by atoms with Crippen molar-refractivity contribution in [2.75, 3.05) is 0 Å². The van der Waals surface area contributed by atoms with E-state index in [1.165, 1.54) is 6.07 Å². The first-order chi connectivity index (χ1) is 19.9. The van der Waals surface area contributed by atoms with Crippen molar-refractivity contribution in [1.29, 1.82) is 0 Å². The predicted molar refractivity (Wildman–Crippen MR) is 138 cm³/mol. The zero-order valence-corrected chi connectivity index (χ0v) is 21.9. The Balaban J connectivity index is 1.53. The van der Waals surface area contributed by atoms with Crippen molar-refractivity contribution < 1.29 is 44.3 Å². The molecule has 0 spiro atoms. The molecular weight excluding hydrogens is 571 g/mol. The van der Waals surface area contributed by atoms with Crippen LogP contribution in [-0.2, 0) is 12.5 Å². The number of hydrogen-bond donors (Lipinski definition) is 0. The number of rotatable bonds is 8. The Hall–Kier alpha value is -4.39. The summed E-state index contributed by atoms with van der Waals surface area (Å²) < 4.78 is 132. The number of aryl methyl sites for hydroxylation is 1. The first-order valence-electron chi connectivity index (χ1n) is 12.7. The smallest absolute Gasteiger partial charge is 0.429 e. The minimum atomic E-state index is -4.48. The van der Waals surface area contributed by atoms with Gasteiger partial charge in [-0.15, -0.1) is 0 Å². The molecule has 0 N–H and O–H groups in total. The van der Waals surface area contributed by atoms with Gasteiger partial charge in [0.2, 0.25) is 0 Å². The second-order valence-corrected chi connectivity index (χ2v) is 9.35. The molecule has 4 rings (SSSR count). The third-order valence-corrected chi connectivity index (χ3v) is 6.25. The highest BCUT2D eigenvalue weighted by Crippen LogP contribution is 2.37. The Bertz CT molecular complexity index is 1640. The van der Waals surface area contributed by atoms with Crippen LogP contribution >= 0.6 is 0 Å². The van der Waals surface area contributed by atoms with Gasteiger partial charge in [0, 0.05) is 17.2 Å². The molecule has 0 aliphatic rings. The maximum atomic E-state index is 14.9. The van der Waals surface area contributed by atoms with Crippen molar-refractivity contribution in [3.8, 4) is 28.7 Å². The summed E-state index contributed by atoms with van der Waals surface area (Å²) in [5.74, 6) is -5.79. The van der Waals surface area contributed by atoms with E-state index in [-0.39, 0.29) is 27.8 Å². The van der Waals surface area contributed by atoms with E-state index >= 15 is 0 Å². The van der Waals surface area contributed by atoms with Crippen LogP contribution in [0, 0.1) is 52.6 Å². The first-order valence-corrected chi connectivity index (χ1v) is 12.7. The van der Waals surface area contributed by atoms with Gasteiger partial charge in [-0.25, -0.2) is 30.7 Å². The van der Waals surface area contributed by atoms with Crippen molar-refractivity contribution >= 4 is 0 Å². The molecule has 218 valence electrons. The highest BCUT2D eigenvalue weighted by Gasteiger charge is 2.41. The van der Waals surface area contributed by atoms with Gasteiger partial charge in [-0.2, -0.15) is 8.78 Å². The van der Waals surface area contributed by atoms with Crippen molar-refractivity contribution in [3.05, 3.63) is 124 Å². The summed E-state index contributed by atoms with van der Waals surface area (Å²) in [6.45, 7) is 1.94. The maximum absolute atomic E-state index is 14.9. The highest BCUT2D eigenvalue weighted by molar-refractivity contribution is 5.66. The summed E-state index contributed by atoms with van der Waals surface area (Å²) in [7, 11) is 0. The van der Waals surface area contributed by atoms with Crippen molar-refractivity contribution in [2.24, 2.45) is 0 Å².